The largest absolute Gasteiger partial charge is 0.451 e. The van der Waals surface area contributed by atoms with Crippen LogP contribution in [0.2, 0.25) is 0 Å². The molecule has 1 aliphatic rings. The Hall–Kier alpha value is -2.10. The molecule has 4 heteroatoms. The molecule has 0 unspecified atom stereocenters. The van der Waals surface area contributed by atoms with Crippen LogP contribution in [0.3, 0.4) is 0 Å². The minimum absolute atomic E-state index is 0.272. The topological polar surface area (TPSA) is 54.6 Å². The molecule has 0 bridgehead atoms. The third-order valence-corrected chi connectivity index (χ3v) is 4.62. The summed E-state index contributed by atoms with van der Waals surface area (Å²) in [5.74, 6) is 0.939. The van der Waals surface area contributed by atoms with Gasteiger partial charge in [0.25, 0.3) is 0 Å². The van der Waals surface area contributed by atoms with Gasteiger partial charge in [-0.2, -0.15) is 5.10 Å². The highest BCUT2D eigenvalue weighted by atomic mass is 16.3. The maximum Gasteiger partial charge on any atom is 0.307 e. The zero-order valence-electron chi connectivity index (χ0n) is 13.3. The second kappa shape index (κ2) is 5.95. The van der Waals surface area contributed by atoms with Crippen molar-refractivity contribution in [1.29, 1.82) is 0 Å². The van der Waals surface area contributed by atoms with E-state index in [4.69, 9.17) is 4.42 Å². The van der Waals surface area contributed by atoms with Gasteiger partial charge in [0, 0.05) is 16.7 Å². The van der Waals surface area contributed by atoms with Crippen LogP contribution in [-0.2, 0) is 0 Å². The van der Waals surface area contributed by atoms with Crippen LogP contribution in [0.5, 0.6) is 0 Å². The number of furan rings is 1. The zero-order valence-corrected chi connectivity index (χ0v) is 13.3. The maximum absolute atomic E-state index is 12.4. The lowest BCUT2D eigenvalue weighted by molar-refractivity contribution is 0.0928. The number of nitrogens with zero attached hydrogens (tertiary/aromatic N) is 1. The number of para-hydroxylation sites is 1. The summed E-state index contributed by atoms with van der Waals surface area (Å²) in [6.07, 6.45) is 3.52. The van der Waals surface area contributed by atoms with E-state index in [2.05, 4.69) is 24.4 Å². The van der Waals surface area contributed by atoms with Gasteiger partial charge in [-0.05, 0) is 37.7 Å². The smallest absolute Gasteiger partial charge is 0.307 e. The molecule has 1 amide bonds. The SMILES string of the molecule is Cc1c(C(=O)NN=C2[C@H](C)CCC[C@@H]2C)oc2ccccc12. The molecule has 1 aliphatic carbocycles. The average Bonchev–Trinajstić information content (AvgIpc) is 2.84. The number of carbonyl (C=O) groups is 1. The van der Waals surface area contributed by atoms with Crippen LogP contribution in [0, 0.1) is 18.8 Å². The van der Waals surface area contributed by atoms with E-state index in [0.717, 1.165) is 35.1 Å². The van der Waals surface area contributed by atoms with Gasteiger partial charge in [-0.1, -0.05) is 38.5 Å². The molecule has 2 atom stereocenters. The monoisotopic (exact) mass is 298 g/mol. The number of hydrogen-bond donors (Lipinski definition) is 1. The van der Waals surface area contributed by atoms with Gasteiger partial charge in [-0.15, -0.1) is 0 Å². The molecule has 0 saturated heterocycles. The summed E-state index contributed by atoms with van der Waals surface area (Å²) in [7, 11) is 0. The lowest BCUT2D eigenvalue weighted by Crippen LogP contribution is -2.29. The van der Waals surface area contributed by atoms with E-state index >= 15 is 0 Å². The number of hydrazone groups is 1. The minimum Gasteiger partial charge on any atom is -0.451 e. The van der Waals surface area contributed by atoms with E-state index in [-0.39, 0.29) is 5.91 Å². The first kappa shape index (κ1) is 14.8. The summed E-state index contributed by atoms with van der Waals surface area (Å²) in [5, 5.41) is 5.36. The summed E-state index contributed by atoms with van der Waals surface area (Å²) in [6, 6.07) is 7.68. The van der Waals surface area contributed by atoms with Gasteiger partial charge >= 0.3 is 5.91 Å². The number of fused-ring (bicyclic) bond motifs is 1. The van der Waals surface area contributed by atoms with Gasteiger partial charge in [0.15, 0.2) is 5.76 Å². The van der Waals surface area contributed by atoms with Gasteiger partial charge in [-0.3, -0.25) is 4.79 Å². The Morgan fingerprint density at radius 1 is 1.23 bits per heavy atom. The van der Waals surface area contributed by atoms with E-state index in [1.54, 1.807) is 0 Å². The van der Waals surface area contributed by atoms with Crippen molar-refractivity contribution < 1.29 is 9.21 Å². The van der Waals surface area contributed by atoms with Crippen molar-refractivity contribution in [2.45, 2.75) is 40.0 Å². The van der Waals surface area contributed by atoms with Crippen molar-refractivity contribution in [3.05, 3.63) is 35.6 Å². The molecule has 22 heavy (non-hydrogen) atoms. The number of amides is 1. The summed E-state index contributed by atoms with van der Waals surface area (Å²) in [6.45, 7) is 6.25. The van der Waals surface area contributed by atoms with Crippen LogP contribution >= 0.6 is 0 Å². The third kappa shape index (κ3) is 2.65. The zero-order chi connectivity index (χ0) is 15.7. The van der Waals surface area contributed by atoms with Crippen molar-refractivity contribution >= 4 is 22.6 Å². The molecule has 0 spiro atoms. The highest BCUT2D eigenvalue weighted by molar-refractivity contribution is 5.99. The Bertz CT molecular complexity index is 718. The van der Waals surface area contributed by atoms with Crippen molar-refractivity contribution in [3.8, 4) is 0 Å². The van der Waals surface area contributed by atoms with Gasteiger partial charge in [0.05, 0.1) is 0 Å². The molecule has 3 rings (SSSR count). The maximum atomic E-state index is 12.4. The Kier molecular flexibility index (Phi) is 4.01. The fraction of sp³-hybridized carbons (Fsp3) is 0.444. The quantitative estimate of drug-likeness (QED) is 0.841. The normalized spacial score (nSPS) is 23.9. The Morgan fingerprint density at radius 3 is 2.59 bits per heavy atom. The second-order valence-electron chi connectivity index (χ2n) is 6.26. The summed E-state index contributed by atoms with van der Waals surface area (Å²) < 4.78 is 5.67. The van der Waals surface area contributed by atoms with Gasteiger partial charge in [-0.25, -0.2) is 5.43 Å². The first-order valence-electron chi connectivity index (χ1n) is 7.94. The van der Waals surface area contributed by atoms with Crippen LogP contribution in [-0.4, -0.2) is 11.6 Å². The highest BCUT2D eigenvalue weighted by Crippen LogP contribution is 2.27. The van der Waals surface area contributed by atoms with Crippen molar-refractivity contribution in [2.75, 3.05) is 0 Å². The molecular formula is C18H22N2O2. The molecule has 1 N–H and O–H groups in total. The number of benzene rings is 1. The van der Waals surface area contributed by atoms with Crippen molar-refractivity contribution in [2.24, 2.45) is 16.9 Å². The molecule has 4 nitrogen and oxygen atoms in total. The second-order valence-corrected chi connectivity index (χ2v) is 6.26. The molecule has 1 fully saturated rings. The van der Waals surface area contributed by atoms with E-state index < -0.39 is 0 Å². The fourth-order valence-corrected chi connectivity index (χ4v) is 3.29. The Morgan fingerprint density at radius 2 is 1.91 bits per heavy atom. The van der Waals surface area contributed by atoms with Gasteiger partial charge in [0.1, 0.15) is 5.58 Å². The van der Waals surface area contributed by atoms with E-state index in [9.17, 15) is 4.79 Å². The number of hydrogen-bond acceptors (Lipinski definition) is 3. The van der Waals surface area contributed by atoms with Gasteiger partial charge in [0.2, 0.25) is 0 Å². The predicted octanol–water partition coefficient (Wildman–Crippen LogP) is 4.28. The lowest BCUT2D eigenvalue weighted by atomic mass is 9.81. The molecule has 1 heterocycles. The standard InChI is InChI=1S/C18H22N2O2/c1-11-7-6-8-12(2)16(11)19-20-18(21)17-13(3)14-9-4-5-10-15(14)22-17/h4-5,9-12H,6-8H2,1-3H3,(H,20,21)/t11-,12+. The third-order valence-electron chi connectivity index (χ3n) is 4.62. The summed E-state index contributed by atoms with van der Waals surface area (Å²) in [4.78, 5) is 12.4. The van der Waals surface area contributed by atoms with E-state index in [1.165, 1.54) is 6.42 Å². The van der Waals surface area contributed by atoms with Crippen molar-refractivity contribution in [3.63, 3.8) is 0 Å². The molecule has 1 saturated carbocycles. The van der Waals surface area contributed by atoms with Crippen LogP contribution in [0.4, 0.5) is 0 Å². The molecular weight excluding hydrogens is 276 g/mol. The molecule has 1 aromatic carbocycles. The first-order chi connectivity index (χ1) is 10.6. The average molecular weight is 298 g/mol. The number of rotatable bonds is 2. The molecule has 1 aromatic heterocycles. The molecule has 0 aliphatic heterocycles. The van der Waals surface area contributed by atoms with E-state index in [1.807, 2.05) is 31.2 Å². The highest BCUT2D eigenvalue weighted by Gasteiger charge is 2.24. The first-order valence-corrected chi connectivity index (χ1v) is 7.94. The van der Waals surface area contributed by atoms with Crippen LogP contribution in [0.15, 0.2) is 33.8 Å². The molecule has 2 aromatic rings. The number of carbonyl (C=O) groups excluding carboxylic acids is 1. The molecule has 0 radical (unpaired) electrons. The Labute approximate surface area is 130 Å². The van der Waals surface area contributed by atoms with Crippen molar-refractivity contribution in [1.82, 2.24) is 5.43 Å². The van der Waals surface area contributed by atoms with Gasteiger partial charge < -0.3 is 4.42 Å². The fourth-order valence-electron chi connectivity index (χ4n) is 3.29. The van der Waals surface area contributed by atoms with E-state index in [0.29, 0.717) is 17.6 Å². The molecule has 116 valence electrons. The van der Waals surface area contributed by atoms with Crippen LogP contribution in [0.1, 0.15) is 49.2 Å². The Balaban J connectivity index is 1.83. The van der Waals surface area contributed by atoms with Crippen LogP contribution < -0.4 is 5.43 Å². The minimum atomic E-state index is -0.272. The number of nitrogens with one attached hydrogen (secondary N) is 1. The summed E-state index contributed by atoms with van der Waals surface area (Å²) in [5.41, 5.74) is 5.37. The predicted molar refractivity (Wildman–Crippen MR) is 88.0 cm³/mol. The van der Waals surface area contributed by atoms with Crippen LogP contribution in [0.25, 0.3) is 11.0 Å². The lowest BCUT2D eigenvalue weighted by Gasteiger charge is -2.26. The summed E-state index contributed by atoms with van der Waals surface area (Å²) >= 11 is 0. The number of aryl methyl sites for hydroxylation is 1.